The van der Waals surface area contributed by atoms with Crippen molar-refractivity contribution in [2.24, 2.45) is 0 Å². The third kappa shape index (κ3) is 6.61. The average Bonchev–Trinajstić information content (AvgIpc) is 3.49. The number of benzene rings is 1. The Bertz CT molecular complexity index is 1690. The maximum absolute atomic E-state index is 13.3. The molecule has 2 aromatic heterocycles. The maximum Gasteiger partial charge on any atom is 0.417 e. The summed E-state index contributed by atoms with van der Waals surface area (Å²) in [7, 11) is -2.19. The number of aromatic nitrogens is 2. The minimum atomic E-state index is -4.52. The zero-order chi connectivity index (χ0) is 31.3. The van der Waals surface area contributed by atoms with E-state index in [1.165, 1.54) is 24.1 Å². The number of ether oxygens (including phenoxy) is 1. The van der Waals surface area contributed by atoms with Crippen molar-refractivity contribution in [3.8, 4) is 5.75 Å². The second-order valence-electron chi connectivity index (χ2n) is 10.6. The van der Waals surface area contributed by atoms with Gasteiger partial charge in [-0.05, 0) is 54.2 Å². The van der Waals surface area contributed by atoms with Crippen molar-refractivity contribution in [3.63, 3.8) is 0 Å². The Morgan fingerprint density at radius 1 is 0.907 bits per heavy atom. The number of nitrogens with zero attached hydrogens (tertiary/aromatic N) is 3. The lowest BCUT2D eigenvalue weighted by molar-refractivity contribution is -0.138. The standard InChI is InChI=1S/C20H19F3N2O4S.C8H7F3N2/c1-29-17-7-14(30(2,27)28)6-15(18(17)11-3-4-11)19(26)25-9-12-5-13(20(21,22)23)8-24-16(12)10-25;9-8(10,11)6-1-5-2-12-4-7(5)13-3-6/h5-8,11H,3-4,9-10H2,1-2H3;1,3,12H,2,4H2. The molecule has 0 radical (unpaired) electrons. The lowest BCUT2D eigenvalue weighted by Crippen LogP contribution is -2.27. The van der Waals surface area contributed by atoms with Gasteiger partial charge in [-0.15, -0.1) is 0 Å². The van der Waals surface area contributed by atoms with Gasteiger partial charge in [0.1, 0.15) is 5.75 Å². The summed E-state index contributed by atoms with van der Waals surface area (Å²) in [6, 6.07) is 4.91. The summed E-state index contributed by atoms with van der Waals surface area (Å²) >= 11 is 0. The van der Waals surface area contributed by atoms with E-state index in [0.29, 0.717) is 46.9 Å². The van der Waals surface area contributed by atoms with Crippen LogP contribution in [0.2, 0.25) is 0 Å². The van der Waals surface area contributed by atoms with Crippen molar-refractivity contribution in [3.05, 3.63) is 81.4 Å². The summed E-state index contributed by atoms with van der Waals surface area (Å²) in [4.78, 5) is 22.3. The zero-order valence-corrected chi connectivity index (χ0v) is 23.8. The molecule has 3 aliphatic rings. The molecule has 1 fully saturated rings. The van der Waals surface area contributed by atoms with Crippen molar-refractivity contribution in [1.29, 1.82) is 0 Å². The Kier molecular flexibility index (Phi) is 7.92. The van der Waals surface area contributed by atoms with Crippen LogP contribution in [0.1, 0.15) is 68.3 Å². The van der Waals surface area contributed by atoms with E-state index in [2.05, 4.69) is 15.3 Å². The Morgan fingerprint density at radius 3 is 2.07 bits per heavy atom. The number of hydrogen-bond acceptors (Lipinski definition) is 7. The quantitative estimate of drug-likeness (QED) is 0.394. The van der Waals surface area contributed by atoms with E-state index in [9.17, 15) is 39.6 Å². The van der Waals surface area contributed by atoms with Crippen LogP contribution in [0.15, 0.2) is 41.6 Å². The molecule has 1 aliphatic carbocycles. The number of rotatable bonds is 4. The van der Waals surface area contributed by atoms with Crippen LogP contribution in [-0.2, 0) is 48.4 Å². The maximum atomic E-state index is 13.3. The normalized spacial score (nSPS) is 16.3. The number of pyridine rings is 2. The van der Waals surface area contributed by atoms with Crippen LogP contribution in [0.3, 0.4) is 0 Å². The zero-order valence-electron chi connectivity index (χ0n) is 22.9. The van der Waals surface area contributed by atoms with Crippen molar-refractivity contribution in [2.45, 2.75) is 62.2 Å². The molecule has 0 unspecified atom stereocenters. The van der Waals surface area contributed by atoms with Crippen molar-refractivity contribution >= 4 is 15.7 Å². The first-order valence-electron chi connectivity index (χ1n) is 13.1. The van der Waals surface area contributed by atoms with Crippen LogP contribution >= 0.6 is 0 Å². The van der Waals surface area contributed by atoms with Gasteiger partial charge in [0.15, 0.2) is 9.84 Å². The summed E-state index contributed by atoms with van der Waals surface area (Å²) in [6.07, 6.45) is -4.42. The van der Waals surface area contributed by atoms with E-state index < -0.39 is 39.2 Å². The molecule has 6 rings (SSSR count). The number of hydrogen-bond donors (Lipinski definition) is 1. The predicted octanol–water partition coefficient (Wildman–Crippen LogP) is 5.25. The molecular weight excluding hydrogens is 602 g/mol. The summed E-state index contributed by atoms with van der Waals surface area (Å²) in [6.45, 7) is 1.07. The van der Waals surface area contributed by atoms with E-state index in [1.54, 1.807) is 0 Å². The van der Waals surface area contributed by atoms with E-state index in [0.717, 1.165) is 43.6 Å². The molecular formula is C28H26F6N4O4S. The van der Waals surface area contributed by atoms with Gasteiger partial charge in [-0.1, -0.05) is 0 Å². The molecule has 1 amide bonds. The van der Waals surface area contributed by atoms with Crippen molar-refractivity contribution < 1.29 is 44.3 Å². The summed E-state index contributed by atoms with van der Waals surface area (Å²) in [5.41, 5.74) is 1.41. The van der Waals surface area contributed by atoms with Crippen LogP contribution in [0.4, 0.5) is 26.3 Å². The molecule has 1 saturated carbocycles. The largest absolute Gasteiger partial charge is 0.496 e. The van der Waals surface area contributed by atoms with Crippen LogP contribution in [0, 0.1) is 0 Å². The van der Waals surface area contributed by atoms with Gasteiger partial charge in [-0.25, -0.2) is 8.42 Å². The Hall–Kier alpha value is -3.72. The number of alkyl halides is 6. The number of sulfone groups is 1. The van der Waals surface area contributed by atoms with Gasteiger partial charge in [-0.2, -0.15) is 26.3 Å². The van der Waals surface area contributed by atoms with Crippen LogP contribution in [-0.4, -0.2) is 42.6 Å². The molecule has 4 heterocycles. The first kappa shape index (κ1) is 30.7. The number of methoxy groups -OCH3 is 1. The summed E-state index contributed by atoms with van der Waals surface area (Å²) in [5.74, 6) is -0.0299. The molecule has 0 saturated heterocycles. The smallest absolute Gasteiger partial charge is 0.417 e. The van der Waals surface area contributed by atoms with Gasteiger partial charge in [-0.3, -0.25) is 14.8 Å². The minimum absolute atomic E-state index is 0.0272. The van der Waals surface area contributed by atoms with Gasteiger partial charge >= 0.3 is 12.4 Å². The highest BCUT2D eigenvalue weighted by atomic mass is 32.2. The van der Waals surface area contributed by atoms with Crippen LogP contribution in [0.25, 0.3) is 0 Å². The van der Waals surface area contributed by atoms with Crippen molar-refractivity contribution in [2.75, 3.05) is 13.4 Å². The molecule has 0 spiro atoms. The van der Waals surface area contributed by atoms with Gasteiger partial charge in [0.05, 0.1) is 41.1 Å². The van der Waals surface area contributed by atoms with E-state index in [1.807, 2.05) is 0 Å². The van der Waals surface area contributed by atoms with Crippen LogP contribution in [0.5, 0.6) is 5.75 Å². The molecule has 2 aliphatic heterocycles. The third-order valence-electron chi connectivity index (χ3n) is 7.35. The number of fused-ring (bicyclic) bond motifs is 2. The van der Waals surface area contributed by atoms with Gasteiger partial charge < -0.3 is 15.0 Å². The topological polar surface area (TPSA) is 101 Å². The van der Waals surface area contributed by atoms with E-state index in [-0.39, 0.29) is 29.5 Å². The molecule has 230 valence electrons. The first-order valence-corrected chi connectivity index (χ1v) is 15.0. The highest BCUT2D eigenvalue weighted by Gasteiger charge is 2.37. The minimum Gasteiger partial charge on any atom is -0.496 e. The highest BCUT2D eigenvalue weighted by molar-refractivity contribution is 7.90. The fraction of sp³-hybridized carbons (Fsp3) is 0.393. The fourth-order valence-electron chi connectivity index (χ4n) is 5.01. The number of carbonyl (C=O) groups excluding carboxylic acids is 1. The molecule has 0 atom stereocenters. The average molecular weight is 629 g/mol. The van der Waals surface area contributed by atoms with Gasteiger partial charge in [0.2, 0.25) is 0 Å². The second-order valence-corrected chi connectivity index (χ2v) is 12.6. The number of carbonyl (C=O) groups is 1. The predicted molar refractivity (Wildman–Crippen MR) is 141 cm³/mol. The number of halogens is 6. The molecule has 1 aromatic carbocycles. The third-order valence-corrected chi connectivity index (χ3v) is 8.44. The SMILES string of the molecule is COc1cc(S(C)(=O)=O)cc(C(=O)N2Cc3cc(C(F)(F)F)cnc3C2)c1C1CC1.FC(F)(F)c1cnc2c(c1)CNC2. The molecule has 8 nitrogen and oxygen atoms in total. The fourth-order valence-corrected chi connectivity index (χ4v) is 5.66. The Balaban J connectivity index is 0.000000235. The molecule has 0 bridgehead atoms. The van der Waals surface area contributed by atoms with Gasteiger partial charge in [0, 0.05) is 49.4 Å². The van der Waals surface area contributed by atoms with E-state index in [4.69, 9.17) is 4.74 Å². The van der Waals surface area contributed by atoms with Crippen LogP contribution < -0.4 is 10.1 Å². The van der Waals surface area contributed by atoms with Crippen molar-refractivity contribution in [1.82, 2.24) is 20.2 Å². The Labute approximate surface area is 243 Å². The summed E-state index contributed by atoms with van der Waals surface area (Å²) in [5, 5.41) is 2.94. The Morgan fingerprint density at radius 2 is 1.51 bits per heavy atom. The second kappa shape index (κ2) is 11.1. The lowest BCUT2D eigenvalue weighted by Gasteiger charge is -2.20. The lowest BCUT2D eigenvalue weighted by atomic mass is 10.0. The molecule has 3 aromatic rings. The highest BCUT2D eigenvalue weighted by Crippen LogP contribution is 2.47. The summed E-state index contributed by atoms with van der Waals surface area (Å²) < 4.78 is 105. The first-order chi connectivity index (χ1) is 20.1. The van der Waals surface area contributed by atoms with E-state index >= 15 is 0 Å². The monoisotopic (exact) mass is 628 g/mol. The molecule has 43 heavy (non-hydrogen) atoms. The molecule has 1 N–H and O–H groups in total. The number of nitrogens with one attached hydrogen (secondary N) is 1. The van der Waals surface area contributed by atoms with Gasteiger partial charge in [0.25, 0.3) is 5.91 Å². The number of amides is 1. The molecule has 15 heteroatoms.